The fourth-order valence-electron chi connectivity index (χ4n) is 2.37. The summed E-state index contributed by atoms with van der Waals surface area (Å²) in [6, 6.07) is 14.4. The molecule has 0 saturated heterocycles. The minimum atomic E-state index is -4.33. The SMILES string of the molecule is CCc1ccccc1OCC(=O)NCc1ccc(COCC(F)(F)F)cc1. The van der Waals surface area contributed by atoms with Gasteiger partial charge in [0.25, 0.3) is 5.91 Å². The van der Waals surface area contributed by atoms with Gasteiger partial charge in [-0.15, -0.1) is 0 Å². The summed E-state index contributed by atoms with van der Waals surface area (Å²) in [6.07, 6.45) is -3.51. The number of alkyl halides is 3. The molecule has 0 unspecified atom stereocenters. The zero-order valence-corrected chi connectivity index (χ0v) is 15.0. The van der Waals surface area contributed by atoms with Gasteiger partial charge in [-0.1, -0.05) is 49.4 Å². The molecule has 0 saturated carbocycles. The average Bonchev–Trinajstić information content (AvgIpc) is 2.65. The second-order valence-corrected chi connectivity index (χ2v) is 5.95. The summed E-state index contributed by atoms with van der Waals surface area (Å²) in [5.74, 6) is 0.442. The van der Waals surface area contributed by atoms with Crippen LogP contribution in [0.15, 0.2) is 48.5 Å². The van der Waals surface area contributed by atoms with Gasteiger partial charge in [-0.25, -0.2) is 0 Å². The van der Waals surface area contributed by atoms with Crippen LogP contribution in [-0.2, 0) is 29.1 Å². The fourth-order valence-corrected chi connectivity index (χ4v) is 2.37. The number of halogens is 3. The van der Waals surface area contributed by atoms with Gasteiger partial charge in [0.1, 0.15) is 12.4 Å². The highest BCUT2D eigenvalue weighted by Crippen LogP contribution is 2.18. The van der Waals surface area contributed by atoms with Crippen LogP contribution in [0.3, 0.4) is 0 Å². The van der Waals surface area contributed by atoms with Crippen molar-refractivity contribution in [3.05, 3.63) is 65.2 Å². The first-order chi connectivity index (χ1) is 12.9. The van der Waals surface area contributed by atoms with Crippen LogP contribution in [0.4, 0.5) is 13.2 Å². The number of ether oxygens (including phenoxy) is 2. The standard InChI is InChI=1S/C20H22F3NO3/c1-2-17-5-3-4-6-18(17)27-13-19(25)24-11-15-7-9-16(10-8-15)12-26-14-20(21,22)23/h3-10H,2,11-14H2,1H3,(H,24,25). The van der Waals surface area contributed by atoms with E-state index in [-0.39, 0.29) is 19.1 Å². The van der Waals surface area contributed by atoms with E-state index in [9.17, 15) is 18.0 Å². The number of hydrogen-bond donors (Lipinski definition) is 1. The minimum Gasteiger partial charge on any atom is -0.483 e. The average molecular weight is 381 g/mol. The fraction of sp³-hybridized carbons (Fsp3) is 0.350. The zero-order chi connectivity index (χ0) is 19.7. The minimum absolute atomic E-state index is 0.0830. The van der Waals surface area contributed by atoms with Gasteiger partial charge in [0, 0.05) is 6.54 Å². The van der Waals surface area contributed by atoms with Gasteiger partial charge in [-0.3, -0.25) is 4.79 Å². The molecule has 0 atom stereocenters. The van der Waals surface area contributed by atoms with E-state index in [2.05, 4.69) is 10.1 Å². The van der Waals surface area contributed by atoms with E-state index in [1.165, 1.54) is 0 Å². The van der Waals surface area contributed by atoms with Gasteiger partial charge in [0.2, 0.25) is 0 Å². The number of para-hydroxylation sites is 1. The van der Waals surface area contributed by atoms with Crippen LogP contribution in [-0.4, -0.2) is 25.3 Å². The van der Waals surface area contributed by atoms with Gasteiger partial charge in [-0.2, -0.15) is 13.2 Å². The van der Waals surface area contributed by atoms with Crippen molar-refractivity contribution in [2.45, 2.75) is 32.7 Å². The topological polar surface area (TPSA) is 47.6 Å². The summed E-state index contributed by atoms with van der Waals surface area (Å²) in [7, 11) is 0. The molecule has 7 heteroatoms. The quantitative estimate of drug-likeness (QED) is 0.714. The first kappa shape index (κ1) is 20.8. The number of hydrogen-bond acceptors (Lipinski definition) is 3. The maximum absolute atomic E-state index is 12.0. The molecule has 0 fully saturated rings. The Balaban J connectivity index is 1.73. The molecule has 0 aliphatic heterocycles. The third-order valence-electron chi connectivity index (χ3n) is 3.76. The van der Waals surface area contributed by atoms with Crippen molar-refractivity contribution >= 4 is 5.91 Å². The van der Waals surface area contributed by atoms with Gasteiger partial charge in [0.15, 0.2) is 6.61 Å². The number of carbonyl (C=O) groups excluding carboxylic acids is 1. The Morgan fingerprint density at radius 2 is 1.70 bits per heavy atom. The smallest absolute Gasteiger partial charge is 0.411 e. The summed E-state index contributed by atoms with van der Waals surface area (Å²) in [4.78, 5) is 11.9. The number of carbonyl (C=O) groups is 1. The molecule has 146 valence electrons. The van der Waals surface area contributed by atoms with E-state index < -0.39 is 12.8 Å². The van der Waals surface area contributed by atoms with Crippen molar-refractivity contribution in [1.82, 2.24) is 5.32 Å². The van der Waals surface area contributed by atoms with Crippen molar-refractivity contribution in [3.8, 4) is 5.75 Å². The number of amides is 1. The lowest BCUT2D eigenvalue weighted by Gasteiger charge is -2.11. The van der Waals surface area contributed by atoms with Crippen molar-refractivity contribution in [2.24, 2.45) is 0 Å². The summed E-state index contributed by atoms with van der Waals surface area (Å²) in [5.41, 5.74) is 2.50. The van der Waals surface area contributed by atoms with Crippen molar-refractivity contribution in [3.63, 3.8) is 0 Å². The van der Waals surface area contributed by atoms with Gasteiger partial charge in [0.05, 0.1) is 6.61 Å². The lowest BCUT2D eigenvalue weighted by molar-refractivity contribution is -0.176. The molecule has 0 aliphatic carbocycles. The van der Waals surface area contributed by atoms with Crippen molar-refractivity contribution in [1.29, 1.82) is 0 Å². The van der Waals surface area contributed by atoms with Crippen LogP contribution in [0.25, 0.3) is 0 Å². The maximum atomic E-state index is 12.0. The highest BCUT2D eigenvalue weighted by Gasteiger charge is 2.27. The maximum Gasteiger partial charge on any atom is 0.411 e. The molecule has 2 aromatic rings. The second kappa shape index (κ2) is 9.97. The summed E-state index contributed by atoms with van der Waals surface area (Å²) >= 11 is 0. The molecule has 1 N–H and O–H groups in total. The molecule has 2 aromatic carbocycles. The van der Waals surface area contributed by atoms with E-state index in [4.69, 9.17) is 4.74 Å². The Hall–Kier alpha value is -2.54. The third kappa shape index (κ3) is 7.70. The molecule has 27 heavy (non-hydrogen) atoms. The van der Waals surface area contributed by atoms with Crippen LogP contribution >= 0.6 is 0 Å². The van der Waals surface area contributed by atoms with E-state index >= 15 is 0 Å². The molecule has 0 aromatic heterocycles. The molecule has 0 aliphatic rings. The Kier molecular flexibility index (Phi) is 7.67. The molecular weight excluding hydrogens is 359 g/mol. The second-order valence-electron chi connectivity index (χ2n) is 5.95. The lowest BCUT2D eigenvalue weighted by Crippen LogP contribution is -2.28. The number of nitrogens with one attached hydrogen (secondary N) is 1. The first-order valence-electron chi connectivity index (χ1n) is 8.57. The van der Waals surface area contributed by atoms with E-state index in [1.807, 2.05) is 31.2 Å². The summed E-state index contributed by atoms with van der Waals surface area (Å²) in [6.45, 7) is 0.852. The van der Waals surface area contributed by atoms with E-state index in [0.717, 1.165) is 17.5 Å². The molecule has 4 nitrogen and oxygen atoms in total. The zero-order valence-electron chi connectivity index (χ0n) is 15.0. The van der Waals surface area contributed by atoms with Crippen molar-refractivity contribution < 1.29 is 27.4 Å². The predicted octanol–water partition coefficient (Wildman–Crippen LogP) is 4.02. The van der Waals surface area contributed by atoms with Gasteiger partial charge in [-0.05, 0) is 29.2 Å². The van der Waals surface area contributed by atoms with Crippen molar-refractivity contribution in [2.75, 3.05) is 13.2 Å². The first-order valence-corrected chi connectivity index (χ1v) is 8.57. The molecule has 1 amide bonds. The molecular formula is C20H22F3NO3. The predicted molar refractivity (Wildman–Crippen MR) is 95.3 cm³/mol. The lowest BCUT2D eigenvalue weighted by atomic mass is 10.1. The Bertz CT molecular complexity index is 730. The van der Waals surface area contributed by atoms with E-state index in [0.29, 0.717) is 17.9 Å². The van der Waals surface area contributed by atoms with Crippen LogP contribution in [0.2, 0.25) is 0 Å². The van der Waals surface area contributed by atoms with Crippen LogP contribution in [0, 0.1) is 0 Å². The Morgan fingerprint density at radius 3 is 2.37 bits per heavy atom. The Morgan fingerprint density at radius 1 is 1.04 bits per heavy atom. The number of rotatable bonds is 9. The molecule has 0 bridgehead atoms. The van der Waals surface area contributed by atoms with E-state index in [1.54, 1.807) is 24.3 Å². The normalized spacial score (nSPS) is 11.3. The van der Waals surface area contributed by atoms with Crippen LogP contribution in [0.5, 0.6) is 5.75 Å². The molecule has 2 rings (SSSR count). The summed E-state index contributed by atoms with van der Waals surface area (Å²) in [5, 5.41) is 2.75. The van der Waals surface area contributed by atoms with Gasteiger partial charge >= 0.3 is 6.18 Å². The van der Waals surface area contributed by atoms with Gasteiger partial charge < -0.3 is 14.8 Å². The molecule has 0 spiro atoms. The Labute approximate surface area is 156 Å². The highest BCUT2D eigenvalue weighted by atomic mass is 19.4. The van der Waals surface area contributed by atoms with Crippen LogP contribution < -0.4 is 10.1 Å². The monoisotopic (exact) mass is 381 g/mol. The highest BCUT2D eigenvalue weighted by molar-refractivity contribution is 5.77. The number of aryl methyl sites for hydroxylation is 1. The summed E-state index contributed by atoms with van der Waals surface area (Å²) < 4.78 is 46.3. The third-order valence-corrected chi connectivity index (χ3v) is 3.76. The molecule has 0 radical (unpaired) electrons. The molecule has 0 heterocycles. The number of benzene rings is 2. The largest absolute Gasteiger partial charge is 0.483 e. The van der Waals surface area contributed by atoms with Crippen LogP contribution in [0.1, 0.15) is 23.6 Å².